The Hall–Kier alpha value is -0.593. The molecule has 0 aromatic rings. The molecule has 0 aliphatic heterocycles. The van der Waals surface area contributed by atoms with Crippen LogP contribution in [0.5, 0.6) is 0 Å². The molecule has 6 heteroatoms. The molecule has 0 radical (unpaired) electrons. The molecule has 0 fully saturated rings. The monoisotopic (exact) mass is 333 g/mol. The number of aliphatic hydroxyl groups is 1. The molecule has 0 saturated heterocycles. The third-order valence-electron chi connectivity index (χ3n) is 3.88. The van der Waals surface area contributed by atoms with E-state index in [4.69, 9.17) is 14.3 Å². The molecule has 1 amide bonds. The van der Waals surface area contributed by atoms with Gasteiger partial charge in [-0.1, -0.05) is 20.8 Å². The van der Waals surface area contributed by atoms with E-state index in [-0.39, 0.29) is 17.7 Å². The van der Waals surface area contributed by atoms with Crippen molar-refractivity contribution < 1.29 is 19.1 Å². The number of alkyl carbamates (subject to hydrolysis) is 1. The molecule has 0 saturated carbocycles. The lowest BCUT2D eigenvalue weighted by Crippen LogP contribution is -2.47. The molecule has 0 aromatic carbocycles. The maximum absolute atomic E-state index is 11.9. The number of hydrogen-bond acceptors (Lipinski definition) is 4. The molecule has 1 atom stereocenters. The van der Waals surface area contributed by atoms with Crippen molar-refractivity contribution in [3.8, 4) is 0 Å². The van der Waals surface area contributed by atoms with Crippen molar-refractivity contribution in [1.29, 1.82) is 0 Å². The average Bonchev–Trinajstić information content (AvgIpc) is 2.28. The lowest BCUT2D eigenvalue weighted by molar-refractivity contribution is 0.0478. The number of aliphatic hydroxyl groups excluding tert-OH is 1. The fourth-order valence-electron chi connectivity index (χ4n) is 1.53. The highest BCUT2D eigenvalue weighted by atomic mass is 28.4. The van der Waals surface area contributed by atoms with Gasteiger partial charge in [0.2, 0.25) is 0 Å². The van der Waals surface area contributed by atoms with E-state index in [1.54, 1.807) is 0 Å². The topological polar surface area (TPSA) is 67.8 Å². The Morgan fingerprint density at radius 2 is 1.73 bits per heavy atom. The fourth-order valence-corrected chi connectivity index (χ4v) is 2.59. The van der Waals surface area contributed by atoms with E-state index < -0.39 is 20.0 Å². The number of rotatable bonds is 7. The van der Waals surface area contributed by atoms with E-state index in [0.29, 0.717) is 19.4 Å². The normalized spacial score (nSPS) is 14.6. The van der Waals surface area contributed by atoms with Crippen molar-refractivity contribution in [2.24, 2.45) is 0 Å². The van der Waals surface area contributed by atoms with Gasteiger partial charge in [0.1, 0.15) is 5.60 Å². The van der Waals surface area contributed by atoms with Crippen LogP contribution in [0.15, 0.2) is 0 Å². The van der Waals surface area contributed by atoms with Crippen LogP contribution in [0.2, 0.25) is 18.1 Å². The summed E-state index contributed by atoms with van der Waals surface area (Å²) in [6, 6.07) is -0.142. The zero-order valence-electron chi connectivity index (χ0n) is 15.6. The van der Waals surface area contributed by atoms with Gasteiger partial charge in [-0.25, -0.2) is 4.79 Å². The number of carbonyl (C=O) groups excluding carboxylic acids is 1. The first-order valence-corrected chi connectivity index (χ1v) is 10.9. The van der Waals surface area contributed by atoms with Crippen molar-refractivity contribution in [3.63, 3.8) is 0 Å². The predicted molar refractivity (Wildman–Crippen MR) is 92.6 cm³/mol. The van der Waals surface area contributed by atoms with Crippen molar-refractivity contribution in [3.05, 3.63) is 0 Å². The maximum Gasteiger partial charge on any atom is 0.407 e. The van der Waals surface area contributed by atoms with Gasteiger partial charge in [0.25, 0.3) is 0 Å². The van der Waals surface area contributed by atoms with Crippen molar-refractivity contribution >= 4 is 14.4 Å². The molecule has 0 bridgehead atoms. The molecule has 0 rings (SSSR count). The highest BCUT2D eigenvalue weighted by molar-refractivity contribution is 6.74. The minimum Gasteiger partial charge on any atom is -0.444 e. The van der Waals surface area contributed by atoms with Gasteiger partial charge in [-0.3, -0.25) is 0 Å². The van der Waals surface area contributed by atoms with Gasteiger partial charge in [-0.05, 0) is 51.7 Å². The standard InChI is InChI=1S/C16H35NO4Si/c1-15(2,3)21-14(19)17-13(10-9-11-18)12-20-22(7,8)16(4,5)6/h13,18H,9-12H2,1-8H3,(H,17,19). The summed E-state index contributed by atoms with van der Waals surface area (Å²) in [4.78, 5) is 11.9. The minimum absolute atomic E-state index is 0.104. The predicted octanol–water partition coefficient (Wildman–Crippen LogP) is 3.67. The Balaban J connectivity index is 4.62. The summed E-state index contributed by atoms with van der Waals surface area (Å²) in [5, 5.41) is 12.0. The minimum atomic E-state index is -1.86. The highest BCUT2D eigenvalue weighted by Crippen LogP contribution is 2.36. The van der Waals surface area contributed by atoms with Crippen molar-refractivity contribution in [2.75, 3.05) is 13.2 Å². The number of amides is 1. The molecular weight excluding hydrogens is 298 g/mol. The molecule has 0 spiro atoms. The van der Waals surface area contributed by atoms with Gasteiger partial charge in [0, 0.05) is 6.61 Å². The van der Waals surface area contributed by atoms with Gasteiger partial charge >= 0.3 is 6.09 Å². The molecular formula is C16H35NO4Si. The molecule has 0 aromatic heterocycles. The summed E-state index contributed by atoms with van der Waals surface area (Å²) in [6.45, 7) is 17.0. The van der Waals surface area contributed by atoms with E-state index in [1.807, 2.05) is 20.8 Å². The summed E-state index contributed by atoms with van der Waals surface area (Å²) in [5.41, 5.74) is -0.522. The van der Waals surface area contributed by atoms with E-state index in [1.165, 1.54) is 0 Å². The van der Waals surface area contributed by atoms with Crippen LogP contribution in [-0.4, -0.2) is 44.4 Å². The first-order valence-electron chi connectivity index (χ1n) is 8.03. The molecule has 5 nitrogen and oxygen atoms in total. The summed E-state index contributed by atoms with van der Waals surface area (Å²) in [7, 11) is -1.86. The van der Waals surface area contributed by atoms with Crippen LogP contribution in [0.25, 0.3) is 0 Å². The summed E-state index contributed by atoms with van der Waals surface area (Å²) >= 11 is 0. The second kappa shape index (κ2) is 8.31. The number of ether oxygens (including phenoxy) is 1. The van der Waals surface area contributed by atoms with E-state index in [0.717, 1.165) is 0 Å². The Labute approximate surface area is 136 Å². The lowest BCUT2D eigenvalue weighted by atomic mass is 10.2. The first-order chi connectivity index (χ1) is 9.78. The van der Waals surface area contributed by atoms with E-state index in [9.17, 15) is 4.79 Å². The zero-order chi connectivity index (χ0) is 17.6. The Morgan fingerprint density at radius 3 is 2.14 bits per heavy atom. The Kier molecular flexibility index (Phi) is 8.09. The molecule has 0 aliphatic carbocycles. The molecule has 0 heterocycles. The largest absolute Gasteiger partial charge is 0.444 e. The average molecular weight is 334 g/mol. The van der Waals surface area contributed by atoms with Gasteiger partial charge in [0.05, 0.1) is 12.6 Å². The third kappa shape index (κ3) is 8.75. The summed E-state index contributed by atoms with van der Waals surface area (Å²) in [6.07, 6.45) is 0.861. The summed E-state index contributed by atoms with van der Waals surface area (Å²) < 4.78 is 11.5. The van der Waals surface area contributed by atoms with Crippen molar-refractivity contribution in [1.82, 2.24) is 5.32 Å². The summed E-state index contributed by atoms with van der Waals surface area (Å²) in [5.74, 6) is 0. The van der Waals surface area contributed by atoms with Gasteiger partial charge < -0.3 is 19.6 Å². The van der Waals surface area contributed by atoms with Gasteiger partial charge in [-0.15, -0.1) is 0 Å². The molecule has 0 aliphatic rings. The Morgan fingerprint density at radius 1 is 1.18 bits per heavy atom. The molecule has 132 valence electrons. The fraction of sp³-hybridized carbons (Fsp3) is 0.938. The smallest absolute Gasteiger partial charge is 0.407 e. The second-order valence-electron chi connectivity index (χ2n) is 8.28. The zero-order valence-corrected chi connectivity index (χ0v) is 16.6. The maximum atomic E-state index is 11.9. The first kappa shape index (κ1) is 21.4. The Bertz CT molecular complexity index is 345. The van der Waals surface area contributed by atoms with Crippen LogP contribution in [-0.2, 0) is 9.16 Å². The van der Waals surface area contributed by atoms with Crippen LogP contribution in [0.1, 0.15) is 54.4 Å². The van der Waals surface area contributed by atoms with Crippen LogP contribution in [0, 0.1) is 0 Å². The van der Waals surface area contributed by atoms with Gasteiger partial charge in [-0.2, -0.15) is 0 Å². The molecule has 2 N–H and O–H groups in total. The van der Waals surface area contributed by atoms with Crippen LogP contribution in [0.3, 0.4) is 0 Å². The molecule has 1 unspecified atom stereocenters. The highest BCUT2D eigenvalue weighted by Gasteiger charge is 2.37. The SMILES string of the molecule is CC(C)(C)OC(=O)NC(CCCO)CO[Si](C)(C)C(C)(C)C. The second-order valence-corrected chi connectivity index (χ2v) is 13.1. The quantitative estimate of drug-likeness (QED) is 0.698. The van der Waals surface area contributed by atoms with Crippen LogP contribution in [0.4, 0.5) is 4.79 Å². The lowest BCUT2D eigenvalue weighted by Gasteiger charge is -2.37. The van der Waals surface area contributed by atoms with Crippen LogP contribution >= 0.6 is 0 Å². The van der Waals surface area contributed by atoms with Crippen LogP contribution < -0.4 is 5.32 Å². The van der Waals surface area contributed by atoms with Gasteiger partial charge in [0.15, 0.2) is 8.32 Å². The van der Waals surface area contributed by atoms with E-state index >= 15 is 0 Å². The third-order valence-corrected chi connectivity index (χ3v) is 8.38. The molecule has 22 heavy (non-hydrogen) atoms. The van der Waals surface area contributed by atoms with Crippen molar-refractivity contribution in [2.45, 2.75) is 84.2 Å². The number of hydrogen-bond donors (Lipinski definition) is 2. The number of carbonyl (C=O) groups is 1. The van der Waals surface area contributed by atoms with E-state index in [2.05, 4.69) is 39.2 Å². The number of nitrogens with one attached hydrogen (secondary N) is 1.